The molecule has 0 bridgehead atoms. The lowest BCUT2D eigenvalue weighted by atomic mass is 9.99. The number of thioether (sulfide) groups is 2. The molecule has 37 heavy (non-hydrogen) atoms. The van der Waals surface area contributed by atoms with Crippen LogP contribution in [0.2, 0.25) is 0 Å². The van der Waals surface area contributed by atoms with Gasteiger partial charge in [-0.25, -0.2) is 4.39 Å². The van der Waals surface area contributed by atoms with Gasteiger partial charge in [-0.1, -0.05) is 31.2 Å². The van der Waals surface area contributed by atoms with Gasteiger partial charge in [0.2, 0.25) is 5.91 Å². The Hall–Kier alpha value is -2.32. The molecular formula is C30H33FN2O2S2. The molecule has 4 nitrogen and oxygen atoms in total. The highest BCUT2D eigenvalue weighted by atomic mass is 32.2. The van der Waals surface area contributed by atoms with Gasteiger partial charge in [0.05, 0.1) is 6.10 Å². The lowest BCUT2D eigenvalue weighted by molar-refractivity contribution is -0.122. The van der Waals surface area contributed by atoms with Crippen molar-refractivity contribution in [1.82, 2.24) is 4.90 Å². The molecule has 1 aliphatic heterocycles. The summed E-state index contributed by atoms with van der Waals surface area (Å²) in [5, 5.41) is 13.1. The lowest BCUT2D eigenvalue weighted by Gasteiger charge is -2.35. The van der Waals surface area contributed by atoms with E-state index in [1.54, 1.807) is 23.5 Å². The zero-order chi connectivity index (χ0) is 25.8. The number of anilines is 1. The lowest BCUT2D eigenvalue weighted by Crippen LogP contribution is -2.43. The van der Waals surface area contributed by atoms with Gasteiger partial charge in [0.25, 0.3) is 0 Å². The molecule has 194 valence electrons. The van der Waals surface area contributed by atoms with Crippen LogP contribution in [0, 0.1) is 5.82 Å². The number of amides is 1. The first kappa shape index (κ1) is 26.3. The van der Waals surface area contributed by atoms with E-state index in [2.05, 4.69) is 53.5 Å². The molecule has 2 fully saturated rings. The molecule has 1 amide bonds. The first-order valence-electron chi connectivity index (χ1n) is 13.0. The third-order valence-corrected chi connectivity index (χ3v) is 9.57. The molecule has 1 atom stereocenters. The predicted molar refractivity (Wildman–Crippen MR) is 151 cm³/mol. The molecule has 1 aliphatic carbocycles. The van der Waals surface area contributed by atoms with Crippen molar-refractivity contribution in [2.24, 2.45) is 0 Å². The van der Waals surface area contributed by atoms with Gasteiger partial charge in [-0.2, -0.15) is 0 Å². The summed E-state index contributed by atoms with van der Waals surface area (Å²) in [6, 6.07) is 22.7. The van der Waals surface area contributed by atoms with Crippen molar-refractivity contribution in [2.75, 3.05) is 24.2 Å². The van der Waals surface area contributed by atoms with Crippen LogP contribution in [-0.2, 0) is 9.54 Å². The average Bonchev–Trinajstić information content (AvgIpc) is 3.69. The molecule has 1 saturated heterocycles. The van der Waals surface area contributed by atoms with Crippen LogP contribution >= 0.6 is 23.5 Å². The first-order valence-corrected chi connectivity index (χ1v) is 14.8. The topological polar surface area (TPSA) is 52.6 Å². The van der Waals surface area contributed by atoms with Crippen molar-refractivity contribution >= 4 is 35.1 Å². The summed E-state index contributed by atoms with van der Waals surface area (Å²) in [5.41, 5.74) is 2.97. The monoisotopic (exact) mass is 536 g/mol. The number of likely N-dealkylation sites (tertiary alicyclic amines) is 1. The third-order valence-electron chi connectivity index (χ3n) is 7.13. The summed E-state index contributed by atoms with van der Waals surface area (Å²) in [6.45, 7) is 3.51. The summed E-state index contributed by atoms with van der Waals surface area (Å²) in [4.78, 5) is 18.1. The minimum atomic E-state index is -0.406. The van der Waals surface area contributed by atoms with E-state index in [1.165, 1.54) is 22.6 Å². The SMILES string of the molecule is CCSc1ccc(C(C(=O)Nc2ccc(C3(Sc4ccc(F)cc4)CC3)cc2)N2CCC(O)CC2)cc1. The Bertz CT molecular complexity index is 1190. The number of rotatable bonds is 9. The fourth-order valence-corrected chi connectivity index (χ4v) is 6.89. The number of piperidine rings is 1. The molecule has 1 saturated carbocycles. The van der Waals surface area contributed by atoms with E-state index in [9.17, 15) is 14.3 Å². The Morgan fingerprint density at radius 1 is 1.00 bits per heavy atom. The second-order valence-corrected chi connectivity index (χ2v) is 12.6. The smallest absolute Gasteiger partial charge is 0.246 e. The van der Waals surface area contributed by atoms with Crippen LogP contribution in [0.25, 0.3) is 0 Å². The van der Waals surface area contributed by atoms with E-state index in [0.717, 1.165) is 34.7 Å². The number of carbonyl (C=O) groups excluding carboxylic acids is 1. The summed E-state index contributed by atoms with van der Waals surface area (Å²) in [5.74, 6) is 0.735. The molecule has 5 rings (SSSR count). The molecule has 7 heteroatoms. The van der Waals surface area contributed by atoms with Gasteiger partial charge in [-0.3, -0.25) is 9.69 Å². The van der Waals surface area contributed by atoms with Gasteiger partial charge >= 0.3 is 0 Å². The van der Waals surface area contributed by atoms with E-state index in [-0.39, 0.29) is 22.6 Å². The van der Waals surface area contributed by atoms with E-state index >= 15 is 0 Å². The van der Waals surface area contributed by atoms with Crippen LogP contribution < -0.4 is 5.32 Å². The van der Waals surface area contributed by atoms with Crippen LogP contribution in [-0.4, -0.2) is 40.9 Å². The number of halogens is 1. The van der Waals surface area contributed by atoms with Crippen LogP contribution in [0.4, 0.5) is 10.1 Å². The van der Waals surface area contributed by atoms with Crippen molar-refractivity contribution < 1.29 is 14.3 Å². The molecule has 3 aromatic carbocycles. The first-order chi connectivity index (χ1) is 18.0. The van der Waals surface area contributed by atoms with Crippen molar-refractivity contribution in [2.45, 2.75) is 59.3 Å². The number of carbonyl (C=O) groups is 1. The molecule has 1 heterocycles. The second kappa shape index (κ2) is 11.6. The molecule has 0 aromatic heterocycles. The highest BCUT2D eigenvalue weighted by Crippen LogP contribution is 2.59. The maximum Gasteiger partial charge on any atom is 0.246 e. The Labute approximate surface area is 227 Å². The van der Waals surface area contributed by atoms with Crippen LogP contribution in [0.1, 0.15) is 49.8 Å². The number of nitrogens with zero attached hydrogens (tertiary/aromatic N) is 1. The molecule has 3 aromatic rings. The number of aliphatic hydroxyl groups excluding tert-OH is 1. The van der Waals surface area contributed by atoms with Gasteiger partial charge < -0.3 is 10.4 Å². The molecule has 1 unspecified atom stereocenters. The third kappa shape index (κ3) is 6.40. The summed E-state index contributed by atoms with van der Waals surface area (Å²) in [7, 11) is 0. The largest absolute Gasteiger partial charge is 0.393 e. The normalized spacial score (nSPS) is 18.4. The minimum absolute atomic E-state index is 0.0236. The Morgan fingerprint density at radius 2 is 1.62 bits per heavy atom. The molecule has 2 N–H and O–H groups in total. The number of hydrogen-bond acceptors (Lipinski definition) is 5. The Kier molecular flexibility index (Phi) is 8.24. The maximum absolute atomic E-state index is 13.6. The fraction of sp³-hybridized carbons (Fsp3) is 0.367. The molecular weight excluding hydrogens is 503 g/mol. The summed E-state index contributed by atoms with van der Waals surface area (Å²) in [6.07, 6.45) is 3.22. The summed E-state index contributed by atoms with van der Waals surface area (Å²) >= 11 is 3.57. The Balaban J connectivity index is 1.30. The van der Waals surface area contributed by atoms with E-state index < -0.39 is 6.04 Å². The zero-order valence-corrected chi connectivity index (χ0v) is 22.7. The maximum atomic E-state index is 13.6. The van der Waals surface area contributed by atoms with Crippen LogP contribution in [0.3, 0.4) is 0 Å². The number of hydrogen-bond donors (Lipinski definition) is 2. The van der Waals surface area contributed by atoms with Gasteiger partial charge in [-0.15, -0.1) is 23.5 Å². The summed E-state index contributed by atoms with van der Waals surface area (Å²) < 4.78 is 13.3. The fourth-order valence-electron chi connectivity index (χ4n) is 4.94. The van der Waals surface area contributed by atoms with Gasteiger partial charge in [0, 0.05) is 33.3 Å². The van der Waals surface area contributed by atoms with Crippen LogP contribution in [0.5, 0.6) is 0 Å². The van der Waals surface area contributed by atoms with Gasteiger partial charge in [0.1, 0.15) is 11.9 Å². The van der Waals surface area contributed by atoms with Crippen LogP contribution in [0.15, 0.2) is 82.6 Å². The number of benzene rings is 3. The van der Waals surface area contributed by atoms with E-state index in [1.807, 2.05) is 24.3 Å². The number of nitrogens with one attached hydrogen (secondary N) is 1. The minimum Gasteiger partial charge on any atom is -0.393 e. The number of aliphatic hydroxyl groups is 1. The Morgan fingerprint density at radius 3 is 2.22 bits per heavy atom. The van der Waals surface area contributed by atoms with Crippen molar-refractivity contribution in [3.05, 3.63) is 89.7 Å². The molecule has 0 spiro atoms. The highest BCUT2D eigenvalue weighted by Gasteiger charge is 2.45. The van der Waals surface area contributed by atoms with Crippen molar-refractivity contribution in [3.8, 4) is 0 Å². The average molecular weight is 537 g/mol. The van der Waals surface area contributed by atoms with Gasteiger partial charge in [0.15, 0.2) is 0 Å². The molecule has 0 radical (unpaired) electrons. The zero-order valence-electron chi connectivity index (χ0n) is 21.0. The highest BCUT2D eigenvalue weighted by molar-refractivity contribution is 8.00. The van der Waals surface area contributed by atoms with E-state index in [4.69, 9.17) is 0 Å². The molecule has 2 aliphatic rings. The standard InChI is InChI=1S/C30H33FN2O2S2/c1-2-36-26-11-3-21(4-12-26)28(33-19-15-25(34)16-20-33)29(35)32-24-9-5-22(6-10-24)30(17-18-30)37-27-13-7-23(31)8-14-27/h3-14,25,28,34H,2,15-20H2,1H3,(H,32,35). The van der Waals surface area contributed by atoms with Gasteiger partial charge in [-0.05, 0) is 91.1 Å². The second-order valence-electron chi connectivity index (χ2n) is 9.79. The van der Waals surface area contributed by atoms with Crippen molar-refractivity contribution in [3.63, 3.8) is 0 Å². The van der Waals surface area contributed by atoms with E-state index in [0.29, 0.717) is 25.9 Å². The van der Waals surface area contributed by atoms with Crippen molar-refractivity contribution in [1.29, 1.82) is 0 Å². The quantitative estimate of drug-likeness (QED) is 0.293. The predicted octanol–water partition coefficient (Wildman–Crippen LogP) is 6.86.